The highest BCUT2D eigenvalue weighted by Gasteiger charge is 2.32. The summed E-state index contributed by atoms with van der Waals surface area (Å²) in [6.45, 7) is 3.56. The molecule has 0 spiro atoms. The standard InChI is InChI=1S/C17H24N2O3/c1-21-15-5-3-2-4-14(15)10-19-11-16(22-12-17(19)20)13-6-8-18-9-7-13/h2-5,13,16,18H,6-12H2,1H3. The van der Waals surface area contributed by atoms with E-state index in [2.05, 4.69) is 5.32 Å². The number of hydrogen-bond donors (Lipinski definition) is 1. The fourth-order valence-electron chi connectivity index (χ4n) is 3.33. The topological polar surface area (TPSA) is 50.8 Å². The molecule has 1 N–H and O–H groups in total. The zero-order chi connectivity index (χ0) is 15.4. The highest BCUT2D eigenvalue weighted by atomic mass is 16.5. The van der Waals surface area contributed by atoms with Crippen LogP contribution in [0.4, 0.5) is 0 Å². The molecule has 1 atom stereocenters. The molecular formula is C17H24N2O3. The molecule has 1 amide bonds. The summed E-state index contributed by atoms with van der Waals surface area (Å²) in [5, 5.41) is 3.38. The zero-order valence-corrected chi connectivity index (χ0v) is 13.1. The molecule has 0 aliphatic carbocycles. The Bertz CT molecular complexity index is 514. The molecule has 2 aliphatic rings. The SMILES string of the molecule is COc1ccccc1CN1CC(C2CCNCC2)OCC1=O. The van der Waals surface area contributed by atoms with E-state index >= 15 is 0 Å². The van der Waals surface area contributed by atoms with E-state index in [4.69, 9.17) is 9.47 Å². The fraction of sp³-hybridized carbons (Fsp3) is 0.588. The van der Waals surface area contributed by atoms with Crippen molar-refractivity contribution in [3.05, 3.63) is 29.8 Å². The van der Waals surface area contributed by atoms with Gasteiger partial charge in [-0.1, -0.05) is 18.2 Å². The summed E-state index contributed by atoms with van der Waals surface area (Å²) in [6, 6.07) is 7.88. The molecule has 0 bridgehead atoms. The Hall–Kier alpha value is -1.59. The molecule has 0 aromatic heterocycles. The highest BCUT2D eigenvalue weighted by Crippen LogP contribution is 2.25. The van der Waals surface area contributed by atoms with Crippen molar-refractivity contribution < 1.29 is 14.3 Å². The number of carbonyl (C=O) groups excluding carboxylic acids is 1. The summed E-state index contributed by atoms with van der Waals surface area (Å²) < 4.78 is 11.2. The fourth-order valence-corrected chi connectivity index (χ4v) is 3.33. The molecule has 2 aliphatic heterocycles. The molecule has 120 valence electrons. The zero-order valence-electron chi connectivity index (χ0n) is 13.1. The first-order chi connectivity index (χ1) is 10.8. The molecule has 5 heteroatoms. The Morgan fingerprint density at radius 1 is 1.32 bits per heavy atom. The summed E-state index contributed by atoms with van der Waals surface area (Å²) in [5.41, 5.74) is 1.05. The van der Waals surface area contributed by atoms with E-state index in [1.165, 1.54) is 0 Å². The predicted octanol–water partition coefficient (Wildman–Crippen LogP) is 1.42. The normalized spacial score (nSPS) is 23.6. The third-order valence-corrected chi connectivity index (χ3v) is 4.64. The molecule has 22 heavy (non-hydrogen) atoms. The van der Waals surface area contributed by atoms with Crippen LogP contribution in [0, 0.1) is 5.92 Å². The lowest BCUT2D eigenvalue weighted by molar-refractivity contribution is -0.153. The van der Waals surface area contributed by atoms with Crippen LogP contribution in [-0.4, -0.2) is 50.3 Å². The second-order valence-corrected chi connectivity index (χ2v) is 6.02. The molecule has 2 heterocycles. The Kier molecular flexibility index (Phi) is 4.95. The number of benzene rings is 1. The summed E-state index contributed by atoms with van der Waals surface area (Å²) in [7, 11) is 1.66. The van der Waals surface area contributed by atoms with Gasteiger partial charge in [-0.25, -0.2) is 0 Å². The van der Waals surface area contributed by atoms with E-state index in [1.807, 2.05) is 29.2 Å². The van der Waals surface area contributed by atoms with Crippen LogP contribution in [0.5, 0.6) is 5.75 Å². The molecule has 5 nitrogen and oxygen atoms in total. The number of nitrogens with zero attached hydrogens (tertiary/aromatic N) is 1. The minimum Gasteiger partial charge on any atom is -0.496 e. The smallest absolute Gasteiger partial charge is 0.248 e. The monoisotopic (exact) mass is 304 g/mol. The maximum Gasteiger partial charge on any atom is 0.248 e. The van der Waals surface area contributed by atoms with Crippen molar-refractivity contribution in [1.82, 2.24) is 10.2 Å². The van der Waals surface area contributed by atoms with E-state index in [-0.39, 0.29) is 18.6 Å². The van der Waals surface area contributed by atoms with Gasteiger partial charge in [-0.05, 0) is 37.9 Å². The second kappa shape index (κ2) is 7.11. The van der Waals surface area contributed by atoms with Crippen LogP contribution in [0.3, 0.4) is 0 Å². The van der Waals surface area contributed by atoms with Crippen LogP contribution in [0.2, 0.25) is 0 Å². The van der Waals surface area contributed by atoms with Crippen molar-refractivity contribution in [3.8, 4) is 5.75 Å². The lowest BCUT2D eigenvalue weighted by atomic mass is 9.91. The van der Waals surface area contributed by atoms with E-state index in [1.54, 1.807) is 7.11 Å². The van der Waals surface area contributed by atoms with Gasteiger partial charge in [-0.3, -0.25) is 4.79 Å². The number of morpholine rings is 1. The quantitative estimate of drug-likeness (QED) is 0.914. The molecule has 1 unspecified atom stereocenters. The molecule has 0 radical (unpaired) electrons. The van der Waals surface area contributed by atoms with Crippen molar-refractivity contribution in [3.63, 3.8) is 0 Å². The van der Waals surface area contributed by atoms with Gasteiger partial charge in [-0.2, -0.15) is 0 Å². The number of rotatable bonds is 4. The minimum absolute atomic E-state index is 0.0658. The third-order valence-electron chi connectivity index (χ3n) is 4.64. The van der Waals surface area contributed by atoms with Crippen LogP contribution in [0.15, 0.2) is 24.3 Å². The molecule has 1 aromatic rings. The lowest BCUT2D eigenvalue weighted by Crippen LogP contribution is -2.50. The molecular weight excluding hydrogens is 280 g/mol. The Morgan fingerprint density at radius 3 is 2.86 bits per heavy atom. The highest BCUT2D eigenvalue weighted by molar-refractivity contribution is 5.78. The first-order valence-corrected chi connectivity index (χ1v) is 8.00. The molecule has 0 saturated carbocycles. The first kappa shape index (κ1) is 15.3. The molecule has 2 saturated heterocycles. The predicted molar refractivity (Wildman–Crippen MR) is 83.7 cm³/mol. The average Bonchev–Trinajstić information content (AvgIpc) is 2.58. The second-order valence-electron chi connectivity index (χ2n) is 6.02. The molecule has 3 rings (SSSR count). The van der Waals surface area contributed by atoms with Crippen molar-refractivity contribution >= 4 is 5.91 Å². The average molecular weight is 304 g/mol. The number of hydrogen-bond acceptors (Lipinski definition) is 4. The van der Waals surface area contributed by atoms with Gasteiger partial charge >= 0.3 is 0 Å². The van der Waals surface area contributed by atoms with Crippen LogP contribution in [-0.2, 0) is 16.1 Å². The summed E-state index contributed by atoms with van der Waals surface area (Å²) in [5.74, 6) is 1.45. The Morgan fingerprint density at radius 2 is 2.09 bits per heavy atom. The number of ether oxygens (including phenoxy) is 2. The van der Waals surface area contributed by atoms with Crippen LogP contribution in [0.1, 0.15) is 18.4 Å². The van der Waals surface area contributed by atoms with Crippen molar-refractivity contribution in [1.29, 1.82) is 0 Å². The van der Waals surface area contributed by atoms with Crippen molar-refractivity contribution in [2.24, 2.45) is 5.92 Å². The summed E-state index contributed by atoms with van der Waals surface area (Å²) in [6.07, 6.45) is 2.41. The van der Waals surface area contributed by atoms with Gasteiger partial charge in [-0.15, -0.1) is 0 Å². The largest absolute Gasteiger partial charge is 0.496 e. The van der Waals surface area contributed by atoms with Gasteiger partial charge in [0, 0.05) is 18.7 Å². The van der Waals surface area contributed by atoms with Gasteiger partial charge in [0.05, 0.1) is 13.2 Å². The number of para-hydroxylation sites is 1. The number of methoxy groups -OCH3 is 1. The van der Waals surface area contributed by atoms with Crippen LogP contribution >= 0.6 is 0 Å². The Labute approximate surface area is 131 Å². The van der Waals surface area contributed by atoms with Crippen LogP contribution < -0.4 is 10.1 Å². The van der Waals surface area contributed by atoms with E-state index in [9.17, 15) is 4.79 Å². The van der Waals surface area contributed by atoms with E-state index < -0.39 is 0 Å². The number of piperidine rings is 1. The van der Waals surface area contributed by atoms with E-state index in [0.29, 0.717) is 19.0 Å². The first-order valence-electron chi connectivity index (χ1n) is 8.00. The number of amides is 1. The van der Waals surface area contributed by atoms with Crippen molar-refractivity contribution in [2.45, 2.75) is 25.5 Å². The third kappa shape index (κ3) is 3.42. The number of nitrogens with one attached hydrogen (secondary N) is 1. The van der Waals surface area contributed by atoms with Gasteiger partial charge in [0.15, 0.2) is 0 Å². The summed E-state index contributed by atoms with van der Waals surface area (Å²) >= 11 is 0. The lowest BCUT2D eigenvalue weighted by Gasteiger charge is -2.38. The maximum absolute atomic E-state index is 12.2. The maximum atomic E-state index is 12.2. The van der Waals surface area contributed by atoms with Crippen molar-refractivity contribution in [2.75, 3.05) is 33.4 Å². The van der Waals surface area contributed by atoms with Gasteiger partial charge in [0.2, 0.25) is 5.91 Å². The number of carbonyl (C=O) groups is 1. The van der Waals surface area contributed by atoms with Gasteiger partial charge in [0.25, 0.3) is 0 Å². The molecule has 1 aromatic carbocycles. The Balaban J connectivity index is 1.67. The van der Waals surface area contributed by atoms with Crippen LogP contribution in [0.25, 0.3) is 0 Å². The van der Waals surface area contributed by atoms with Gasteiger partial charge in [0.1, 0.15) is 12.4 Å². The molecule has 2 fully saturated rings. The minimum atomic E-state index is 0.0658. The van der Waals surface area contributed by atoms with Gasteiger partial charge < -0.3 is 19.7 Å². The van der Waals surface area contributed by atoms with E-state index in [0.717, 1.165) is 37.2 Å². The summed E-state index contributed by atoms with van der Waals surface area (Å²) in [4.78, 5) is 14.1.